The van der Waals surface area contributed by atoms with Crippen molar-refractivity contribution in [3.05, 3.63) is 101 Å². The Bertz CT molecular complexity index is 1280. The molecule has 1 amide bonds. The molecule has 1 unspecified atom stereocenters. The molecule has 0 saturated carbocycles. The normalized spacial score (nSPS) is 14.3. The zero-order valence-corrected chi connectivity index (χ0v) is 19.5. The molecule has 1 atom stereocenters. The van der Waals surface area contributed by atoms with Gasteiger partial charge in [-0.25, -0.2) is 4.79 Å². The molecular weight excluding hydrogens is 426 g/mol. The SMILES string of the molecule is Cc1ccc(C#CC(O)(CC(C)(C)c2ccccc2)C(=O)Nc2ccc3c(c2)COC3=O)cc1. The van der Waals surface area contributed by atoms with Crippen molar-refractivity contribution in [2.45, 2.75) is 44.8 Å². The third-order valence-corrected chi connectivity index (χ3v) is 6.04. The lowest BCUT2D eigenvalue weighted by Gasteiger charge is -2.32. The topological polar surface area (TPSA) is 75.6 Å². The first kappa shape index (κ1) is 23.3. The number of cyclic esters (lactones) is 1. The summed E-state index contributed by atoms with van der Waals surface area (Å²) >= 11 is 0. The van der Waals surface area contributed by atoms with Gasteiger partial charge in [-0.05, 0) is 48.2 Å². The van der Waals surface area contributed by atoms with Gasteiger partial charge in [0.2, 0.25) is 5.60 Å². The van der Waals surface area contributed by atoms with Gasteiger partial charge in [0.25, 0.3) is 5.91 Å². The van der Waals surface area contributed by atoms with Crippen molar-refractivity contribution in [3.8, 4) is 11.8 Å². The molecule has 1 aliphatic heterocycles. The highest BCUT2D eigenvalue weighted by Crippen LogP contribution is 2.33. The van der Waals surface area contributed by atoms with Crippen molar-refractivity contribution in [2.24, 2.45) is 0 Å². The van der Waals surface area contributed by atoms with E-state index in [9.17, 15) is 14.7 Å². The molecule has 0 saturated heterocycles. The summed E-state index contributed by atoms with van der Waals surface area (Å²) in [5.41, 5.74) is 1.95. The van der Waals surface area contributed by atoms with Crippen LogP contribution in [0.1, 0.15) is 52.9 Å². The fourth-order valence-electron chi connectivity index (χ4n) is 4.07. The second-order valence-corrected chi connectivity index (χ2v) is 9.31. The Morgan fingerprint density at radius 1 is 1.06 bits per heavy atom. The van der Waals surface area contributed by atoms with Gasteiger partial charge < -0.3 is 15.2 Å². The number of aliphatic hydroxyl groups is 1. The summed E-state index contributed by atoms with van der Waals surface area (Å²) in [5, 5.41) is 14.4. The molecule has 0 aliphatic carbocycles. The monoisotopic (exact) mass is 453 g/mol. The number of carbonyl (C=O) groups excluding carboxylic acids is 2. The Hall–Kier alpha value is -3.88. The fourth-order valence-corrected chi connectivity index (χ4v) is 4.07. The molecule has 34 heavy (non-hydrogen) atoms. The molecule has 2 N–H and O–H groups in total. The third-order valence-electron chi connectivity index (χ3n) is 6.04. The van der Waals surface area contributed by atoms with Crippen LogP contribution in [-0.4, -0.2) is 22.6 Å². The van der Waals surface area contributed by atoms with Gasteiger partial charge in [0.05, 0.1) is 5.56 Å². The molecule has 0 spiro atoms. The number of esters is 1. The van der Waals surface area contributed by atoms with Crippen LogP contribution in [0.2, 0.25) is 0 Å². The van der Waals surface area contributed by atoms with E-state index in [1.54, 1.807) is 18.2 Å². The standard InChI is InChI=1S/C29H27NO4/c1-20-9-11-21(12-10-20)15-16-29(33,19-28(2,3)23-7-5-4-6-8-23)27(32)30-24-13-14-25-22(17-24)18-34-26(25)31/h4-14,17,33H,18-19H2,1-3H3,(H,30,32). The van der Waals surface area contributed by atoms with E-state index in [-0.39, 0.29) is 19.0 Å². The summed E-state index contributed by atoms with van der Waals surface area (Å²) in [6, 6.07) is 22.3. The Kier molecular flexibility index (Phi) is 6.28. The number of aryl methyl sites for hydroxylation is 1. The predicted molar refractivity (Wildman–Crippen MR) is 131 cm³/mol. The Labute approximate surface area is 199 Å². The van der Waals surface area contributed by atoms with Gasteiger partial charge in [0.15, 0.2) is 0 Å². The van der Waals surface area contributed by atoms with E-state index in [2.05, 4.69) is 17.2 Å². The van der Waals surface area contributed by atoms with Crippen molar-refractivity contribution in [1.29, 1.82) is 0 Å². The summed E-state index contributed by atoms with van der Waals surface area (Å²) in [6.45, 7) is 6.11. The summed E-state index contributed by atoms with van der Waals surface area (Å²) in [6.07, 6.45) is 0.0846. The van der Waals surface area contributed by atoms with Crippen LogP contribution in [0.15, 0.2) is 72.8 Å². The van der Waals surface area contributed by atoms with Gasteiger partial charge in [0.1, 0.15) is 6.61 Å². The molecule has 3 aromatic rings. The van der Waals surface area contributed by atoms with Crippen LogP contribution in [0.5, 0.6) is 0 Å². The first-order chi connectivity index (χ1) is 16.2. The van der Waals surface area contributed by atoms with Gasteiger partial charge in [-0.15, -0.1) is 0 Å². The highest BCUT2D eigenvalue weighted by Gasteiger charge is 2.41. The van der Waals surface area contributed by atoms with Gasteiger partial charge in [-0.1, -0.05) is 73.7 Å². The number of fused-ring (bicyclic) bond motifs is 1. The van der Waals surface area contributed by atoms with E-state index in [1.807, 2.05) is 75.4 Å². The average molecular weight is 454 g/mol. The van der Waals surface area contributed by atoms with Crippen LogP contribution < -0.4 is 5.32 Å². The molecule has 5 heteroatoms. The number of rotatable bonds is 5. The highest BCUT2D eigenvalue weighted by atomic mass is 16.5. The molecular formula is C29H27NO4. The minimum absolute atomic E-state index is 0.0846. The van der Waals surface area contributed by atoms with Crippen LogP contribution in [0.3, 0.4) is 0 Å². The van der Waals surface area contributed by atoms with E-state index in [1.165, 1.54) is 0 Å². The smallest absolute Gasteiger partial charge is 0.338 e. The van der Waals surface area contributed by atoms with Gasteiger partial charge in [-0.2, -0.15) is 0 Å². The molecule has 0 fully saturated rings. The molecule has 0 bridgehead atoms. The number of carbonyl (C=O) groups is 2. The number of hydrogen-bond donors (Lipinski definition) is 2. The maximum atomic E-state index is 13.4. The zero-order valence-electron chi connectivity index (χ0n) is 19.5. The van der Waals surface area contributed by atoms with Crippen molar-refractivity contribution >= 4 is 17.6 Å². The third kappa shape index (κ3) is 5.03. The summed E-state index contributed by atoms with van der Waals surface area (Å²) < 4.78 is 5.04. The van der Waals surface area contributed by atoms with E-state index < -0.39 is 16.9 Å². The lowest BCUT2D eigenvalue weighted by atomic mass is 9.75. The first-order valence-electron chi connectivity index (χ1n) is 11.2. The minimum Gasteiger partial charge on any atom is -0.457 e. The molecule has 1 aliphatic rings. The second-order valence-electron chi connectivity index (χ2n) is 9.31. The van der Waals surface area contributed by atoms with Gasteiger partial charge in [-0.3, -0.25) is 4.79 Å². The van der Waals surface area contributed by atoms with Crippen molar-refractivity contribution in [1.82, 2.24) is 0 Å². The molecule has 3 aromatic carbocycles. The van der Waals surface area contributed by atoms with Crippen LogP contribution in [-0.2, 0) is 21.6 Å². The average Bonchev–Trinajstić information content (AvgIpc) is 3.19. The number of amides is 1. The van der Waals surface area contributed by atoms with E-state index in [0.29, 0.717) is 22.4 Å². The molecule has 0 aromatic heterocycles. The summed E-state index contributed by atoms with van der Waals surface area (Å²) in [5.74, 6) is 4.83. The Morgan fingerprint density at radius 3 is 2.47 bits per heavy atom. The summed E-state index contributed by atoms with van der Waals surface area (Å²) in [4.78, 5) is 25.1. The predicted octanol–water partition coefficient (Wildman–Crippen LogP) is 4.75. The number of nitrogens with one attached hydrogen (secondary N) is 1. The lowest BCUT2D eigenvalue weighted by molar-refractivity contribution is -0.130. The number of anilines is 1. The number of hydrogen-bond acceptors (Lipinski definition) is 4. The maximum Gasteiger partial charge on any atom is 0.338 e. The Morgan fingerprint density at radius 2 is 1.76 bits per heavy atom. The number of benzene rings is 3. The largest absolute Gasteiger partial charge is 0.457 e. The minimum atomic E-state index is -1.96. The van der Waals surface area contributed by atoms with E-state index >= 15 is 0 Å². The van der Waals surface area contributed by atoms with Crippen molar-refractivity contribution < 1.29 is 19.4 Å². The molecule has 5 nitrogen and oxygen atoms in total. The van der Waals surface area contributed by atoms with Crippen LogP contribution in [0, 0.1) is 18.8 Å². The van der Waals surface area contributed by atoms with Crippen LogP contribution >= 0.6 is 0 Å². The Balaban J connectivity index is 1.66. The van der Waals surface area contributed by atoms with Crippen LogP contribution in [0.4, 0.5) is 5.69 Å². The second kappa shape index (κ2) is 9.17. The van der Waals surface area contributed by atoms with Gasteiger partial charge in [0, 0.05) is 23.2 Å². The van der Waals surface area contributed by atoms with E-state index in [0.717, 1.165) is 11.1 Å². The zero-order chi connectivity index (χ0) is 24.3. The van der Waals surface area contributed by atoms with Crippen molar-refractivity contribution in [3.63, 3.8) is 0 Å². The molecule has 1 heterocycles. The lowest BCUT2D eigenvalue weighted by Crippen LogP contribution is -2.46. The van der Waals surface area contributed by atoms with Gasteiger partial charge >= 0.3 is 5.97 Å². The first-order valence-corrected chi connectivity index (χ1v) is 11.2. The van der Waals surface area contributed by atoms with Crippen LogP contribution in [0.25, 0.3) is 0 Å². The molecule has 0 radical (unpaired) electrons. The molecule has 172 valence electrons. The maximum absolute atomic E-state index is 13.4. The number of ether oxygens (including phenoxy) is 1. The fraction of sp³-hybridized carbons (Fsp3) is 0.241. The van der Waals surface area contributed by atoms with Crippen molar-refractivity contribution in [2.75, 3.05) is 5.32 Å². The van der Waals surface area contributed by atoms with E-state index in [4.69, 9.17) is 4.74 Å². The molecule has 4 rings (SSSR count). The highest BCUT2D eigenvalue weighted by molar-refractivity contribution is 6.01. The quantitative estimate of drug-likeness (QED) is 0.432. The summed E-state index contributed by atoms with van der Waals surface area (Å²) in [7, 11) is 0.